The first-order valence-electron chi connectivity index (χ1n) is 15.0. The van der Waals surface area contributed by atoms with Gasteiger partial charge in [-0.25, -0.2) is 0 Å². The lowest BCUT2D eigenvalue weighted by atomic mass is 9.76. The Labute approximate surface area is 265 Å². The number of halogens is 2. The van der Waals surface area contributed by atoms with Crippen LogP contribution in [-0.2, 0) is 18.3 Å². The van der Waals surface area contributed by atoms with Gasteiger partial charge in [0.15, 0.2) is 0 Å². The van der Waals surface area contributed by atoms with E-state index in [1.807, 2.05) is 48.5 Å². The van der Waals surface area contributed by atoms with Crippen molar-refractivity contribution in [3.05, 3.63) is 128 Å². The Morgan fingerprint density at radius 2 is 1.00 bits per heavy atom. The molecule has 4 nitrogen and oxygen atoms in total. The second-order valence-electron chi connectivity index (χ2n) is 11.5. The van der Waals surface area contributed by atoms with Crippen molar-refractivity contribution in [2.75, 3.05) is 10.6 Å². The SMILES string of the molecule is CCCCc1cc(C(C)(C)c2cc(Cl)c(NC(=O)c3ccccc3)c(CCCC)c2)cc(Cl)c1NC(=O)c1ccccc1. The summed E-state index contributed by atoms with van der Waals surface area (Å²) in [5, 5.41) is 7.15. The van der Waals surface area contributed by atoms with Crippen molar-refractivity contribution in [3.63, 3.8) is 0 Å². The Hall–Kier alpha value is -3.60. The smallest absolute Gasteiger partial charge is 0.255 e. The maximum Gasteiger partial charge on any atom is 0.255 e. The number of aryl methyl sites for hydroxylation is 2. The van der Waals surface area contributed by atoms with Gasteiger partial charge in [0.1, 0.15) is 0 Å². The molecule has 0 fully saturated rings. The van der Waals surface area contributed by atoms with Crippen LogP contribution in [0.1, 0.15) is 96.3 Å². The molecular formula is C37H40Cl2N2O2. The van der Waals surface area contributed by atoms with Crippen molar-refractivity contribution in [2.45, 2.75) is 71.6 Å². The molecule has 0 aliphatic rings. The number of anilines is 2. The number of amides is 2. The lowest BCUT2D eigenvalue weighted by molar-refractivity contribution is 0.101. The number of hydrogen-bond donors (Lipinski definition) is 2. The lowest BCUT2D eigenvalue weighted by Crippen LogP contribution is -2.22. The average Bonchev–Trinajstić information content (AvgIpc) is 3.01. The first-order chi connectivity index (χ1) is 20.6. The minimum absolute atomic E-state index is 0.187. The zero-order valence-corrected chi connectivity index (χ0v) is 26.9. The maximum absolute atomic E-state index is 13.0. The fourth-order valence-corrected chi connectivity index (χ4v) is 5.75. The highest BCUT2D eigenvalue weighted by Gasteiger charge is 2.28. The van der Waals surface area contributed by atoms with E-state index in [9.17, 15) is 9.59 Å². The molecule has 0 saturated heterocycles. The number of carbonyl (C=O) groups excluding carboxylic acids is 2. The number of carbonyl (C=O) groups is 2. The summed E-state index contributed by atoms with van der Waals surface area (Å²) in [6.45, 7) is 8.61. The van der Waals surface area contributed by atoms with E-state index in [4.69, 9.17) is 23.2 Å². The zero-order chi connectivity index (χ0) is 31.0. The van der Waals surface area contributed by atoms with E-state index in [1.54, 1.807) is 24.3 Å². The number of rotatable bonds is 12. The molecule has 0 atom stereocenters. The van der Waals surface area contributed by atoms with Gasteiger partial charge in [-0.05, 0) is 84.3 Å². The number of hydrogen-bond acceptors (Lipinski definition) is 2. The molecule has 4 rings (SSSR count). The van der Waals surface area contributed by atoms with Crippen LogP contribution in [0.5, 0.6) is 0 Å². The molecular weight excluding hydrogens is 575 g/mol. The Morgan fingerprint density at radius 1 is 0.628 bits per heavy atom. The number of nitrogens with one attached hydrogen (secondary N) is 2. The molecule has 0 bridgehead atoms. The summed E-state index contributed by atoms with van der Waals surface area (Å²) in [5.41, 5.74) is 6.08. The van der Waals surface area contributed by atoms with Crippen molar-refractivity contribution in [1.29, 1.82) is 0 Å². The summed E-state index contributed by atoms with van der Waals surface area (Å²) in [6, 6.07) is 26.5. The van der Waals surface area contributed by atoms with E-state index >= 15 is 0 Å². The van der Waals surface area contributed by atoms with E-state index < -0.39 is 5.41 Å². The predicted octanol–water partition coefficient (Wildman–Crippen LogP) is 10.5. The molecule has 224 valence electrons. The van der Waals surface area contributed by atoms with Gasteiger partial charge < -0.3 is 10.6 Å². The largest absolute Gasteiger partial charge is 0.320 e. The molecule has 43 heavy (non-hydrogen) atoms. The molecule has 0 radical (unpaired) electrons. The summed E-state index contributed by atoms with van der Waals surface area (Å²) in [4.78, 5) is 26.1. The van der Waals surface area contributed by atoms with Crippen LogP contribution in [0.4, 0.5) is 11.4 Å². The second-order valence-corrected chi connectivity index (χ2v) is 12.3. The van der Waals surface area contributed by atoms with Crippen molar-refractivity contribution in [1.82, 2.24) is 0 Å². The van der Waals surface area contributed by atoms with Crippen LogP contribution >= 0.6 is 23.2 Å². The van der Waals surface area contributed by atoms with E-state index in [1.165, 1.54) is 0 Å². The third kappa shape index (κ3) is 7.87. The maximum atomic E-state index is 13.0. The highest BCUT2D eigenvalue weighted by atomic mass is 35.5. The summed E-state index contributed by atoms with van der Waals surface area (Å²) in [5.74, 6) is -0.375. The fraction of sp³-hybridized carbons (Fsp3) is 0.297. The minimum atomic E-state index is -0.459. The highest BCUT2D eigenvalue weighted by Crippen LogP contribution is 2.41. The van der Waals surface area contributed by atoms with E-state index in [2.05, 4.69) is 50.5 Å². The third-order valence-electron chi connectivity index (χ3n) is 7.94. The summed E-state index contributed by atoms with van der Waals surface area (Å²) < 4.78 is 0. The fourth-order valence-electron chi connectivity index (χ4n) is 5.17. The Bertz CT molecular complexity index is 1450. The van der Waals surface area contributed by atoms with Gasteiger partial charge in [-0.2, -0.15) is 0 Å². The van der Waals surface area contributed by atoms with E-state index in [0.29, 0.717) is 32.5 Å². The molecule has 0 aliphatic carbocycles. The monoisotopic (exact) mass is 614 g/mol. The van der Waals surface area contributed by atoms with Crippen LogP contribution in [0.2, 0.25) is 10.0 Å². The molecule has 0 aromatic heterocycles. The lowest BCUT2D eigenvalue weighted by Gasteiger charge is -2.30. The molecule has 0 saturated carbocycles. The molecule has 4 aromatic carbocycles. The van der Waals surface area contributed by atoms with Crippen LogP contribution in [-0.4, -0.2) is 11.8 Å². The molecule has 0 heterocycles. The van der Waals surface area contributed by atoms with Crippen molar-refractivity contribution in [3.8, 4) is 0 Å². The van der Waals surface area contributed by atoms with Crippen LogP contribution in [0.3, 0.4) is 0 Å². The van der Waals surface area contributed by atoms with Gasteiger partial charge in [0, 0.05) is 16.5 Å². The van der Waals surface area contributed by atoms with Gasteiger partial charge in [0.05, 0.1) is 21.4 Å². The molecule has 2 amide bonds. The normalized spacial score (nSPS) is 11.3. The zero-order valence-electron chi connectivity index (χ0n) is 25.4. The van der Waals surface area contributed by atoms with E-state index in [-0.39, 0.29) is 11.8 Å². The van der Waals surface area contributed by atoms with Gasteiger partial charge in [-0.1, -0.05) is 112 Å². The summed E-state index contributed by atoms with van der Waals surface area (Å²) in [6.07, 6.45) is 5.55. The Morgan fingerprint density at radius 3 is 1.35 bits per heavy atom. The third-order valence-corrected chi connectivity index (χ3v) is 8.53. The Balaban J connectivity index is 1.72. The highest BCUT2D eigenvalue weighted by molar-refractivity contribution is 6.34. The van der Waals surface area contributed by atoms with Crippen LogP contribution in [0.25, 0.3) is 0 Å². The van der Waals surface area contributed by atoms with Gasteiger partial charge in [-0.15, -0.1) is 0 Å². The van der Waals surface area contributed by atoms with Gasteiger partial charge >= 0.3 is 0 Å². The minimum Gasteiger partial charge on any atom is -0.320 e. The van der Waals surface area contributed by atoms with Crippen LogP contribution < -0.4 is 10.6 Å². The molecule has 0 aliphatic heterocycles. The van der Waals surface area contributed by atoms with Crippen molar-refractivity contribution < 1.29 is 9.59 Å². The first kappa shape index (κ1) is 32.3. The molecule has 4 aromatic rings. The predicted molar refractivity (Wildman–Crippen MR) is 181 cm³/mol. The van der Waals surface area contributed by atoms with Gasteiger partial charge in [0.2, 0.25) is 0 Å². The van der Waals surface area contributed by atoms with Gasteiger partial charge in [-0.3, -0.25) is 9.59 Å². The topological polar surface area (TPSA) is 58.2 Å². The van der Waals surface area contributed by atoms with Crippen LogP contribution in [0, 0.1) is 0 Å². The summed E-state index contributed by atoms with van der Waals surface area (Å²) >= 11 is 13.8. The molecule has 0 spiro atoms. The van der Waals surface area contributed by atoms with Crippen molar-refractivity contribution >= 4 is 46.4 Å². The number of benzene rings is 4. The van der Waals surface area contributed by atoms with E-state index in [0.717, 1.165) is 60.8 Å². The average molecular weight is 616 g/mol. The quantitative estimate of drug-likeness (QED) is 0.167. The second kappa shape index (κ2) is 14.7. The molecule has 6 heteroatoms. The standard InChI is InChI=1S/C37H40Cl2N2O2/c1-5-7-15-27-21-29(23-31(38)33(27)40-35(42)25-17-11-9-12-18-25)37(3,4)30-22-28(16-8-6-2)34(32(39)24-30)41-36(43)26-19-13-10-14-20-26/h9-14,17-24H,5-8,15-16H2,1-4H3,(H,40,42)(H,41,43). The van der Waals surface area contributed by atoms with Crippen LogP contribution in [0.15, 0.2) is 84.9 Å². The van der Waals surface area contributed by atoms with Gasteiger partial charge in [0.25, 0.3) is 11.8 Å². The first-order valence-corrected chi connectivity index (χ1v) is 15.8. The van der Waals surface area contributed by atoms with Crippen molar-refractivity contribution in [2.24, 2.45) is 0 Å². The number of unbranched alkanes of at least 4 members (excludes halogenated alkanes) is 2. The molecule has 2 N–H and O–H groups in total. The summed E-state index contributed by atoms with van der Waals surface area (Å²) in [7, 11) is 0. The Kier molecular flexibility index (Phi) is 11.1. The molecule has 0 unspecified atom stereocenters.